The van der Waals surface area contributed by atoms with Crippen LogP contribution in [0.3, 0.4) is 0 Å². The van der Waals surface area contributed by atoms with E-state index in [2.05, 4.69) is 30.1 Å². The number of nitriles is 1. The maximum Gasteiger partial charge on any atom is 0.121 e. The molecule has 0 radical (unpaired) electrons. The molecule has 0 saturated carbocycles. The molecule has 19 heavy (non-hydrogen) atoms. The average molecular weight is 300 g/mol. The van der Waals surface area contributed by atoms with Gasteiger partial charge in [-0.25, -0.2) is 0 Å². The van der Waals surface area contributed by atoms with E-state index in [4.69, 9.17) is 23.2 Å². The van der Waals surface area contributed by atoms with E-state index in [9.17, 15) is 5.26 Å². The molecule has 104 valence electrons. The normalized spacial score (nSPS) is 12.4. The van der Waals surface area contributed by atoms with E-state index in [0.29, 0.717) is 10.0 Å². The number of benzene rings is 1. The van der Waals surface area contributed by atoms with Gasteiger partial charge < -0.3 is 4.90 Å². The summed E-state index contributed by atoms with van der Waals surface area (Å²) in [5.41, 5.74) is 0.844. The van der Waals surface area contributed by atoms with Crippen molar-refractivity contribution in [2.45, 2.75) is 19.9 Å². The molecular formula is C14H19Cl2N3. The van der Waals surface area contributed by atoms with E-state index >= 15 is 0 Å². The Balaban J connectivity index is 2.59. The van der Waals surface area contributed by atoms with Gasteiger partial charge in [-0.3, -0.25) is 5.32 Å². The van der Waals surface area contributed by atoms with Gasteiger partial charge in [0.25, 0.3) is 0 Å². The van der Waals surface area contributed by atoms with Gasteiger partial charge >= 0.3 is 0 Å². The molecule has 1 rings (SSSR count). The van der Waals surface area contributed by atoms with Gasteiger partial charge in [-0.05, 0) is 30.8 Å². The summed E-state index contributed by atoms with van der Waals surface area (Å²) in [6.45, 7) is 7.98. The first-order valence-corrected chi connectivity index (χ1v) is 7.18. The minimum Gasteiger partial charge on any atom is -0.303 e. The van der Waals surface area contributed by atoms with Crippen LogP contribution in [0, 0.1) is 11.3 Å². The lowest BCUT2D eigenvalue weighted by molar-refractivity contribution is 0.300. The van der Waals surface area contributed by atoms with Crippen molar-refractivity contribution in [3.63, 3.8) is 0 Å². The van der Waals surface area contributed by atoms with Crippen LogP contribution in [0.5, 0.6) is 0 Å². The van der Waals surface area contributed by atoms with Crippen molar-refractivity contribution < 1.29 is 0 Å². The summed E-state index contributed by atoms with van der Waals surface area (Å²) < 4.78 is 0. The van der Waals surface area contributed by atoms with Gasteiger partial charge in [-0.2, -0.15) is 5.26 Å². The molecule has 0 aliphatic heterocycles. The third-order valence-electron chi connectivity index (χ3n) is 3.08. The van der Waals surface area contributed by atoms with Crippen LogP contribution < -0.4 is 5.32 Å². The highest BCUT2D eigenvalue weighted by Gasteiger charge is 2.11. The van der Waals surface area contributed by atoms with E-state index in [-0.39, 0.29) is 6.04 Å². The van der Waals surface area contributed by atoms with E-state index in [1.807, 2.05) is 6.07 Å². The van der Waals surface area contributed by atoms with Crippen LogP contribution in [0.2, 0.25) is 10.0 Å². The minimum atomic E-state index is -0.356. The maximum atomic E-state index is 9.22. The van der Waals surface area contributed by atoms with Crippen molar-refractivity contribution in [3.05, 3.63) is 33.8 Å². The Morgan fingerprint density at radius 2 is 1.95 bits per heavy atom. The molecule has 0 bridgehead atoms. The smallest absolute Gasteiger partial charge is 0.121 e. The monoisotopic (exact) mass is 299 g/mol. The van der Waals surface area contributed by atoms with Crippen molar-refractivity contribution in [1.29, 1.82) is 5.26 Å². The molecule has 0 saturated heterocycles. The Kier molecular flexibility index (Phi) is 7.19. The van der Waals surface area contributed by atoms with Crippen molar-refractivity contribution >= 4 is 23.2 Å². The van der Waals surface area contributed by atoms with Crippen LogP contribution in [0.1, 0.15) is 25.5 Å². The Morgan fingerprint density at radius 1 is 1.26 bits per heavy atom. The number of hydrogen-bond donors (Lipinski definition) is 1. The van der Waals surface area contributed by atoms with E-state index in [1.165, 1.54) is 0 Å². The number of nitrogens with zero attached hydrogens (tertiary/aromatic N) is 2. The standard InChI is InChI=1S/C14H19Cl2N3/c1-3-19(4-2)8-7-18-14(10-17)11-5-6-12(15)13(16)9-11/h5-6,9,14,18H,3-4,7-8H2,1-2H3. The first-order chi connectivity index (χ1) is 9.12. The lowest BCUT2D eigenvalue weighted by atomic mass is 10.1. The zero-order chi connectivity index (χ0) is 14.3. The van der Waals surface area contributed by atoms with Crippen LogP contribution in [-0.2, 0) is 0 Å². The molecule has 3 nitrogen and oxygen atoms in total. The molecule has 0 aliphatic rings. The first kappa shape index (κ1) is 16.3. The van der Waals surface area contributed by atoms with E-state index in [0.717, 1.165) is 31.7 Å². The topological polar surface area (TPSA) is 39.1 Å². The largest absolute Gasteiger partial charge is 0.303 e. The third kappa shape index (κ3) is 5.00. The average Bonchev–Trinajstić information content (AvgIpc) is 2.42. The van der Waals surface area contributed by atoms with Gasteiger partial charge in [0.15, 0.2) is 0 Å². The number of hydrogen-bond acceptors (Lipinski definition) is 3. The van der Waals surface area contributed by atoms with Crippen LogP contribution in [0.4, 0.5) is 0 Å². The van der Waals surface area contributed by atoms with Crippen molar-refractivity contribution in [1.82, 2.24) is 10.2 Å². The van der Waals surface area contributed by atoms with Gasteiger partial charge in [0.05, 0.1) is 16.1 Å². The SMILES string of the molecule is CCN(CC)CCNC(C#N)c1ccc(Cl)c(Cl)c1. The summed E-state index contributed by atoms with van der Waals surface area (Å²) in [6, 6.07) is 7.17. The van der Waals surface area contributed by atoms with E-state index in [1.54, 1.807) is 12.1 Å². The molecule has 1 atom stereocenters. The lowest BCUT2D eigenvalue weighted by Crippen LogP contribution is -2.33. The molecule has 0 spiro atoms. The van der Waals surface area contributed by atoms with Gasteiger partial charge in [0.2, 0.25) is 0 Å². The molecule has 0 aliphatic carbocycles. The molecule has 0 aromatic heterocycles. The molecule has 1 aromatic carbocycles. The van der Waals surface area contributed by atoms with Gasteiger partial charge in [0, 0.05) is 13.1 Å². The maximum absolute atomic E-state index is 9.22. The molecule has 1 aromatic rings. The number of likely N-dealkylation sites (N-methyl/N-ethyl adjacent to an activating group) is 1. The van der Waals surface area contributed by atoms with Crippen molar-refractivity contribution in [2.24, 2.45) is 0 Å². The summed E-state index contributed by atoms with van der Waals surface area (Å²) in [4.78, 5) is 2.30. The lowest BCUT2D eigenvalue weighted by Gasteiger charge is -2.19. The number of halogens is 2. The van der Waals surface area contributed by atoms with Crippen LogP contribution in [-0.4, -0.2) is 31.1 Å². The second-order valence-electron chi connectivity index (χ2n) is 4.22. The zero-order valence-corrected chi connectivity index (χ0v) is 12.8. The molecule has 0 amide bonds. The predicted molar refractivity (Wildman–Crippen MR) is 80.6 cm³/mol. The number of rotatable bonds is 7. The van der Waals surface area contributed by atoms with Crippen molar-refractivity contribution in [2.75, 3.05) is 26.2 Å². The molecule has 0 fully saturated rings. The summed E-state index contributed by atoms with van der Waals surface area (Å²) >= 11 is 11.8. The summed E-state index contributed by atoms with van der Waals surface area (Å²) in [7, 11) is 0. The Morgan fingerprint density at radius 3 is 2.47 bits per heavy atom. The fraction of sp³-hybridized carbons (Fsp3) is 0.500. The molecular weight excluding hydrogens is 281 g/mol. The predicted octanol–water partition coefficient (Wildman–Crippen LogP) is 3.49. The second kappa shape index (κ2) is 8.39. The fourth-order valence-corrected chi connectivity index (χ4v) is 2.14. The highest BCUT2D eigenvalue weighted by Crippen LogP contribution is 2.25. The van der Waals surface area contributed by atoms with E-state index < -0.39 is 0 Å². The zero-order valence-electron chi connectivity index (χ0n) is 11.3. The highest BCUT2D eigenvalue weighted by atomic mass is 35.5. The quantitative estimate of drug-likeness (QED) is 0.838. The summed E-state index contributed by atoms with van der Waals surface area (Å²) in [5.74, 6) is 0. The molecule has 0 heterocycles. The van der Waals surface area contributed by atoms with Crippen molar-refractivity contribution in [3.8, 4) is 6.07 Å². The molecule has 1 unspecified atom stereocenters. The second-order valence-corrected chi connectivity index (χ2v) is 5.03. The number of nitrogens with one attached hydrogen (secondary N) is 1. The highest BCUT2D eigenvalue weighted by molar-refractivity contribution is 6.42. The fourth-order valence-electron chi connectivity index (χ4n) is 1.84. The van der Waals surface area contributed by atoms with Gasteiger partial charge in [-0.1, -0.05) is 43.1 Å². The molecule has 1 N–H and O–H groups in total. The van der Waals surface area contributed by atoms with Gasteiger partial charge in [-0.15, -0.1) is 0 Å². The van der Waals surface area contributed by atoms with Gasteiger partial charge in [0.1, 0.15) is 6.04 Å². The summed E-state index contributed by atoms with van der Waals surface area (Å²) in [6.07, 6.45) is 0. The third-order valence-corrected chi connectivity index (χ3v) is 3.82. The minimum absolute atomic E-state index is 0.356. The van der Waals surface area contributed by atoms with Crippen LogP contribution in [0.15, 0.2) is 18.2 Å². The van der Waals surface area contributed by atoms with Crippen LogP contribution in [0.25, 0.3) is 0 Å². The Bertz CT molecular complexity index is 439. The first-order valence-electron chi connectivity index (χ1n) is 6.42. The Labute approximate surface area is 125 Å². The summed E-state index contributed by atoms with van der Waals surface area (Å²) in [5, 5.41) is 13.4. The molecule has 5 heteroatoms. The Hall–Kier alpha value is -0.790. The van der Waals surface area contributed by atoms with Crippen LogP contribution >= 0.6 is 23.2 Å².